The molecule has 0 aromatic carbocycles. The van der Waals surface area contributed by atoms with Gasteiger partial charge in [0.25, 0.3) is 0 Å². The normalized spacial score (nSPS) is 12.7. The molecule has 2 heterocycles. The van der Waals surface area contributed by atoms with E-state index in [1.54, 1.807) is 13.3 Å². The van der Waals surface area contributed by atoms with Crippen LogP contribution < -0.4 is 10.1 Å². The summed E-state index contributed by atoms with van der Waals surface area (Å²) in [5.74, 6) is 0.849. The molecule has 2 rings (SSSR count). The number of hydrogen-bond acceptors (Lipinski definition) is 4. The summed E-state index contributed by atoms with van der Waals surface area (Å²) in [7, 11) is 1.70. The Labute approximate surface area is 124 Å². The van der Waals surface area contributed by atoms with Crippen LogP contribution in [-0.2, 0) is 6.54 Å². The lowest BCUT2D eigenvalue weighted by atomic mass is 10.1. The molecule has 20 heavy (non-hydrogen) atoms. The zero-order valence-corrected chi connectivity index (χ0v) is 13.7. The number of aromatic nitrogens is 2. The highest BCUT2D eigenvalue weighted by molar-refractivity contribution is 7.12. The van der Waals surface area contributed by atoms with Crippen LogP contribution in [0.1, 0.15) is 40.9 Å². The second kappa shape index (κ2) is 6.41. The average molecular weight is 293 g/mol. The molecule has 0 saturated carbocycles. The molecule has 1 unspecified atom stereocenters. The third-order valence-electron chi connectivity index (χ3n) is 3.52. The fourth-order valence-electron chi connectivity index (χ4n) is 2.36. The first-order valence-electron chi connectivity index (χ1n) is 7.02. The third-order valence-corrected chi connectivity index (χ3v) is 4.73. The first-order valence-corrected chi connectivity index (χ1v) is 7.83. The fraction of sp³-hybridized carbons (Fsp3) is 0.533. The summed E-state index contributed by atoms with van der Waals surface area (Å²) in [5, 5.41) is 7.98. The Balaban J connectivity index is 2.50. The largest absolute Gasteiger partial charge is 0.493 e. The van der Waals surface area contributed by atoms with Gasteiger partial charge >= 0.3 is 0 Å². The zero-order chi connectivity index (χ0) is 14.7. The van der Waals surface area contributed by atoms with Crippen LogP contribution in [0.3, 0.4) is 0 Å². The van der Waals surface area contributed by atoms with Crippen molar-refractivity contribution in [2.75, 3.05) is 13.7 Å². The monoisotopic (exact) mass is 293 g/mol. The van der Waals surface area contributed by atoms with Crippen LogP contribution in [0.4, 0.5) is 0 Å². The van der Waals surface area contributed by atoms with Crippen molar-refractivity contribution in [3.63, 3.8) is 0 Å². The lowest BCUT2D eigenvalue weighted by Crippen LogP contribution is -2.24. The minimum Gasteiger partial charge on any atom is -0.493 e. The molecule has 0 bridgehead atoms. The third kappa shape index (κ3) is 2.74. The van der Waals surface area contributed by atoms with Gasteiger partial charge in [-0.1, -0.05) is 6.92 Å². The molecule has 4 nitrogen and oxygen atoms in total. The second-order valence-electron chi connectivity index (χ2n) is 4.79. The SMILES string of the molecule is CCNC(c1cc(C)c(C)s1)c1c(OC)cnn1CC. The van der Waals surface area contributed by atoms with Gasteiger partial charge in [-0.15, -0.1) is 11.3 Å². The Bertz CT molecular complexity index is 533. The van der Waals surface area contributed by atoms with Crippen molar-refractivity contribution < 1.29 is 4.74 Å². The van der Waals surface area contributed by atoms with Gasteiger partial charge in [0.05, 0.1) is 19.3 Å². The highest BCUT2D eigenvalue weighted by atomic mass is 32.1. The maximum atomic E-state index is 5.49. The van der Waals surface area contributed by atoms with E-state index in [-0.39, 0.29) is 6.04 Å². The maximum absolute atomic E-state index is 5.49. The number of rotatable bonds is 6. The van der Waals surface area contributed by atoms with Crippen LogP contribution >= 0.6 is 11.3 Å². The molecule has 0 aliphatic rings. The van der Waals surface area contributed by atoms with Gasteiger partial charge in [0.2, 0.25) is 0 Å². The first kappa shape index (κ1) is 15.1. The maximum Gasteiger partial charge on any atom is 0.161 e. The van der Waals surface area contributed by atoms with Crippen LogP contribution in [0.5, 0.6) is 5.75 Å². The average Bonchev–Trinajstić information content (AvgIpc) is 3.00. The molecule has 0 amide bonds. The predicted molar refractivity (Wildman–Crippen MR) is 83.8 cm³/mol. The molecule has 2 aromatic rings. The minimum atomic E-state index is 0.134. The van der Waals surface area contributed by atoms with Crippen molar-refractivity contribution in [3.05, 3.63) is 33.3 Å². The molecule has 0 saturated heterocycles. The van der Waals surface area contributed by atoms with E-state index in [0.717, 1.165) is 24.5 Å². The highest BCUT2D eigenvalue weighted by Crippen LogP contribution is 2.35. The summed E-state index contributed by atoms with van der Waals surface area (Å²) in [6, 6.07) is 2.40. The lowest BCUT2D eigenvalue weighted by Gasteiger charge is -2.19. The highest BCUT2D eigenvalue weighted by Gasteiger charge is 2.24. The van der Waals surface area contributed by atoms with Crippen molar-refractivity contribution in [1.82, 2.24) is 15.1 Å². The first-order chi connectivity index (χ1) is 9.62. The number of aryl methyl sites for hydroxylation is 3. The second-order valence-corrected chi connectivity index (χ2v) is 6.08. The van der Waals surface area contributed by atoms with Crippen molar-refractivity contribution in [3.8, 4) is 5.75 Å². The Morgan fingerprint density at radius 1 is 1.40 bits per heavy atom. The summed E-state index contributed by atoms with van der Waals surface area (Å²) in [5.41, 5.74) is 2.45. The summed E-state index contributed by atoms with van der Waals surface area (Å²) in [6.07, 6.45) is 1.80. The summed E-state index contributed by atoms with van der Waals surface area (Å²) < 4.78 is 7.51. The minimum absolute atomic E-state index is 0.134. The van der Waals surface area contributed by atoms with Crippen molar-refractivity contribution >= 4 is 11.3 Å². The van der Waals surface area contributed by atoms with Crippen LogP contribution in [0.15, 0.2) is 12.3 Å². The molecule has 0 spiro atoms. The molecule has 5 heteroatoms. The Morgan fingerprint density at radius 2 is 2.15 bits per heavy atom. The lowest BCUT2D eigenvalue weighted by molar-refractivity contribution is 0.400. The van der Waals surface area contributed by atoms with Crippen LogP contribution in [0.25, 0.3) is 0 Å². The van der Waals surface area contributed by atoms with Crippen LogP contribution in [0, 0.1) is 13.8 Å². The van der Waals surface area contributed by atoms with E-state index >= 15 is 0 Å². The number of nitrogens with zero attached hydrogens (tertiary/aromatic N) is 2. The molecule has 1 atom stereocenters. The summed E-state index contributed by atoms with van der Waals surface area (Å²) in [6.45, 7) is 10.3. The molecular formula is C15H23N3OS. The molecule has 110 valence electrons. The number of hydrogen-bond donors (Lipinski definition) is 1. The molecular weight excluding hydrogens is 270 g/mol. The van der Waals surface area contributed by atoms with E-state index in [0.29, 0.717) is 0 Å². The van der Waals surface area contributed by atoms with Gasteiger partial charge in [-0.3, -0.25) is 4.68 Å². The number of nitrogens with one attached hydrogen (secondary N) is 1. The van der Waals surface area contributed by atoms with E-state index in [1.165, 1.54) is 15.3 Å². The van der Waals surface area contributed by atoms with Crippen molar-refractivity contribution in [2.24, 2.45) is 0 Å². The van der Waals surface area contributed by atoms with Gasteiger partial charge in [0.1, 0.15) is 5.69 Å². The van der Waals surface area contributed by atoms with Crippen molar-refractivity contribution in [2.45, 2.75) is 40.3 Å². The van der Waals surface area contributed by atoms with Crippen LogP contribution in [0.2, 0.25) is 0 Å². The summed E-state index contributed by atoms with van der Waals surface area (Å²) in [4.78, 5) is 2.68. The molecule has 0 aliphatic carbocycles. The van der Waals surface area contributed by atoms with Crippen LogP contribution in [-0.4, -0.2) is 23.4 Å². The quantitative estimate of drug-likeness (QED) is 0.888. The fourth-order valence-corrected chi connectivity index (χ4v) is 3.48. The summed E-state index contributed by atoms with van der Waals surface area (Å²) >= 11 is 1.84. The smallest absolute Gasteiger partial charge is 0.161 e. The Morgan fingerprint density at radius 3 is 2.65 bits per heavy atom. The molecule has 0 radical (unpaired) electrons. The zero-order valence-electron chi connectivity index (χ0n) is 12.9. The topological polar surface area (TPSA) is 39.1 Å². The molecule has 1 N–H and O–H groups in total. The van der Waals surface area contributed by atoms with E-state index in [4.69, 9.17) is 4.74 Å². The van der Waals surface area contributed by atoms with E-state index < -0.39 is 0 Å². The number of ether oxygens (including phenoxy) is 1. The number of thiophene rings is 1. The van der Waals surface area contributed by atoms with E-state index in [2.05, 4.69) is 44.2 Å². The van der Waals surface area contributed by atoms with E-state index in [1.807, 2.05) is 16.0 Å². The standard InChI is InChI=1S/C15H23N3OS/c1-6-16-14(13-8-10(3)11(4)20-13)15-12(19-5)9-17-18(15)7-2/h8-9,14,16H,6-7H2,1-5H3. The predicted octanol–water partition coefficient (Wildman–Crippen LogP) is 3.29. The van der Waals surface area contributed by atoms with Gasteiger partial charge in [-0.05, 0) is 38.9 Å². The number of methoxy groups -OCH3 is 1. The molecule has 0 aliphatic heterocycles. The molecule has 2 aromatic heterocycles. The van der Waals surface area contributed by atoms with E-state index in [9.17, 15) is 0 Å². The Kier molecular flexibility index (Phi) is 4.83. The Hall–Kier alpha value is -1.33. The van der Waals surface area contributed by atoms with Gasteiger partial charge < -0.3 is 10.1 Å². The van der Waals surface area contributed by atoms with Gasteiger partial charge in [-0.2, -0.15) is 5.10 Å². The van der Waals surface area contributed by atoms with Gasteiger partial charge in [0, 0.05) is 16.3 Å². The van der Waals surface area contributed by atoms with Gasteiger partial charge in [0.15, 0.2) is 5.75 Å². The van der Waals surface area contributed by atoms with Gasteiger partial charge in [-0.25, -0.2) is 0 Å². The molecule has 0 fully saturated rings. The van der Waals surface area contributed by atoms with Crippen molar-refractivity contribution in [1.29, 1.82) is 0 Å².